The summed E-state index contributed by atoms with van der Waals surface area (Å²) in [5.74, 6) is -0.803. The highest BCUT2D eigenvalue weighted by atomic mass is 16.4. The topological polar surface area (TPSA) is 142 Å². The first-order valence-electron chi connectivity index (χ1n) is 5.84. The number of hydrogen-bond acceptors (Lipinski definition) is 6. The van der Waals surface area contributed by atoms with Gasteiger partial charge in [0.05, 0.1) is 5.82 Å². The van der Waals surface area contributed by atoms with Gasteiger partial charge in [-0.3, -0.25) is 4.79 Å². The van der Waals surface area contributed by atoms with Gasteiger partial charge in [-0.05, 0) is 19.2 Å². The summed E-state index contributed by atoms with van der Waals surface area (Å²) in [5, 5.41) is 29.2. The molecule has 0 spiro atoms. The van der Waals surface area contributed by atoms with Crippen LogP contribution in [0.25, 0.3) is 0 Å². The first-order valence-corrected chi connectivity index (χ1v) is 5.84. The van der Waals surface area contributed by atoms with Crippen LogP contribution >= 0.6 is 0 Å². The number of hydrogen-bond donors (Lipinski definition) is 6. The van der Waals surface area contributed by atoms with E-state index in [1.807, 2.05) is 0 Å². The van der Waals surface area contributed by atoms with E-state index in [0.717, 1.165) is 0 Å². The Morgan fingerprint density at radius 3 is 2.39 bits per heavy atom. The number of unbranched alkanes of at least 4 members (excludes halogenated alkanes) is 1. The van der Waals surface area contributed by atoms with Crippen LogP contribution in [0.15, 0.2) is 12.4 Å². The number of carbonyl (C=O) groups is 1. The van der Waals surface area contributed by atoms with Gasteiger partial charge < -0.3 is 31.9 Å². The van der Waals surface area contributed by atoms with Crippen molar-refractivity contribution in [2.24, 2.45) is 11.5 Å². The summed E-state index contributed by atoms with van der Waals surface area (Å²) < 4.78 is 0. The van der Waals surface area contributed by atoms with Crippen LogP contribution in [0.4, 0.5) is 0 Å². The van der Waals surface area contributed by atoms with Gasteiger partial charge in [-0.25, -0.2) is 0 Å². The Hall–Kier alpha value is -1.25. The van der Waals surface area contributed by atoms with Gasteiger partial charge in [0.15, 0.2) is 0 Å². The van der Waals surface area contributed by atoms with E-state index in [9.17, 15) is 4.79 Å². The molecule has 0 bridgehead atoms. The minimum absolute atomic E-state index is 0.216. The zero-order valence-corrected chi connectivity index (χ0v) is 10.4. The first-order chi connectivity index (χ1) is 8.28. The van der Waals surface area contributed by atoms with Gasteiger partial charge in [-0.15, -0.1) is 0 Å². The van der Waals surface area contributed by atoms with Gasteiger partial charge >= 0.3 is 13.1 Å². The molecule has 0 saturated carbocycles. The molecular formula is C10H22BN3O4. The van der Waals surface area contributed by atoms with Crippen LogP contribution in [0.2, 0.25) is 6.32 Å². The van der Waals surface area contributed by atoms with E-state index in [-0.39, 0.29) is 25.0 Å². The maximum Gasteiger partial charge on any atom is 0.451 e. The highest BCUT2D eigenvalue weighted by Crippen LogP contribution is 2.17. The smallest absolute Gasteiger partial charge is 0.451 e. The maximum absolute atomic E-state index is 11.1. The monoisotopic (exact) mass is 259 g/mol. The number of nitrogens with two attached hydrogens (primary N) is 2. The number of carboxylic acid groups (broad SMARTS) is 1. The highest BCUT2D eigenvalue weighted by molar-refractivity contribution is 6.40. The van der Waals surface area contributed by atoms with E-state index < -0.39 is 18.6 Å². The molecule has 0 aliphatic rings. The van der Waals surface area contributed by atoms with Gasteiger partial charge in [0, 0.05) is 6.54 Å². The summed E-state index contributed by atoms with van der Waals surface area (Å²) in [6, 6.07) is 0. The third-order valence-electron chi connectivity index (χ3n) is 2.68. The Morgan fingerprint density at radius 2 is 1.94 bits per heavy atom. The first kappa shape index (κ1) is 16.8. The summed E-state index contributed by atoms with van der Waals surface area (Å²) >= 11 is 0. The lowest BCUT2D eigenvalue weighted by molar-refractivity contribution is -0.143. The van der Waals surface area contributed by atoms with E-state index >= 15 is 0 Å². The Kier molecular flexibility index (Phi) is 7.41. The van der Waals surface area contributed by atoms with Gasteiger partial charge in [-0.1, -0.05) is 19.4 Å². The van der Waals surface area contributed by atoms with Crippen LogP contribution < -0.4 is 16.8 Å². The fourth-order valence-corrected chi connectivity index (χ4v) is 1.55. The fraction of sp³-hybridized carbons (Fsp3) is 0.700. The molecule has 0 aromatic rings. The van der Waals surface area contributed by atoms with E-state index in [4.69, 9.17) is 26.6 Å². The van der Waals surface area contributed by atoms with E-state index in [0.29, 0.717) is 19.4 Å². The summed E-state index contributed by atoms with van der Waals surface area (Å²) in [4.78, 5) is 11.1. The van der Waals surface area contributed by atoms with Crippen molar-refractivity contribution in [2.45, 2.75) is 37.5 Å². The zero-order chi connectivity index (χ0) is 14.2. The second-order valence-electron chi connectivity index (χ2n) is 4.39. The SMILES string of the molecule is C=C(N)NCCC(N)(CCCCB(O)O)C(=O)O. The van der Waals surface area contributed by atoms with Gasteiger partial charge in [0.2, 0.25) is 0 Å². The number of aliphatic carboxylic acids is 1. The van der Waals surface area contributed by atoms with Gasteiger partial charge in [0.25, 0.3) is 0 Å². The molecule has 104 valence electrons. The molecular weight excluding hydrogens is 237 g/mol. The predicted octanol–water partition coefficient (Wildman–Crippen LogP) is -1.18. The predicted molar refractivity (Wildman–Crippen MR) is 69.4 cm³/mol. The Balaban J connectivity index is 4.09. The summed E-state index contributed by atoms with van der Waals surface area (Å²) in [5.41, 5.74) is 9.78. The Bertz CT molecular complexity index is 288. The molecule has 1 unspecified atom stereocenters. The van der Waals surface area contributed by atoms with E-state index in [1.54, 1.807) is 0 Å². The normalized spacial score (nSPS) is 13.7. The number of rotatable bonds is 10. The lowest BCUT2D eigenvalue weighted by Crippen LogP contribution is -2.49. The number of carboxylic acids is 1. The molecule has 7 nitrogen and oxygen atoms in total. The fourth-order valence-electron chi connectivity index (χ4n) is 1.55. The van der Waals surface area contributed by atoms with Crippen molar-refractivity contribution in [1.82, 2.24) is 5.32 Å². The number of nitrogens with one attached hydrogen (secondary N) is 1. The Labute approximate surface area is 107 Å². The molecule has 0 aliphatic heterocycles. The quantitative estimate of drug-likeness (QED) is 0.214. The molecule has 8 heteroatoms. The standard InChI is InChI=1S/C10H22BN3O4/c1-8(12)14-7-5-10(13,9(15)16)4-2-3-6-11(17)18/h14,17-18H,1-7,12-13H2,(H,15,16). The molecule has 0 heterocycles. The van der Waals surface area contributed by atoms with E-state index in [1.165, 1.54) is 0 Å². The molecule has 0 fully saturated rings. The van der Waals surface area contributed by atoms with Crippen molar-refractivity contribution >= 4 is 13.1 Å². The van der Waals surface area contributed by atoms with Crippen molar-refractivity contribution in [1.29, 1.82) is 0 Å². The second-order valence-corrected chi connectivity index (χ2v) is 4.39. The molecule has 1 atom stereocenters. The Morgan fingerprint density at radius 1 is 1.33 bits per heavy atom. The third kappa shape index (κ3) is 7.15. The summed E-state index contributed by atoms with van der Waals surface area (Å²) in [6.07, 6.45) is 1.74. The van der Waals surface area contributed by atoms with Gasteiger partial charge in [0.1, 0.15) is 5.54 Å². The summed E-state index contributed by atoms with van der Waals surface area (Å²) in [7, 11) is -1.36. The molecule has 8 N–H and O–H groups in total. The zero-order valence-electron chi connectivity index (χ0n) is 10.4. The lowest BCUT2D eigenvalue weighted by Gasteiger charge is -2.25. The molecule has 0 radical (unpaired) electrons. The van der Waals surface area contributed by atoms with Crippen LogP contribution in [-0.4, -0.2) is 40.3 Å². The van der Waals surface area contributed by atoms with Crippen molar-refractivity contribution in [2.75, 3.05) is 6.54 Å². The van der Waals surface area contributed by atoms with Gasteiger partial charge in [-0.2, -0.15) is 0 Å². The van der Waals surface area contributed by atoms with Crippen molar-refractivity contribution in [3.63, 3.8) is 0 Å². The second kappa shape index (κ2) is 7.96. The van der Waals surface area contributed by atoms with Crippen LogP contribution in [-0.2, 0) is 4.79 Å². The van der Waals surface area contributed by atoms with Crippen LogP contribution in [0.1, 0.15) is 25.7 Å². The molecule has 0 amide bonds. The highest BCUT2D eigenvalue weighted by Gasteiger charge is 2.32. The van der Waals surface area contributed by atoms with Crippen molar-refractivity contribution < 1.29 is 19.9 Å². The van der Waals surface area contributed by atoms with Crippen LogP contribution in [0.5, 0.6) is 0 Å². The minimum Gasteiger partial charge on any atom is -0.480 e. The average Bonchev–Trinajstić information content (AvgIpc) is 2.23. The average molecular weight is 259 g/mol. The van der Waals surface area contributed by atoms with Crippen LogP contribution in [0.3, 0.4) is 0 Å². The molecule has 0 aromatic carbocycles. The van der Waals surface area contributed by atoms with Crippen molar-refractivity contribution in [3.05, 3.63) is 12.4 Å². The van der Waals surface area contributed by atoms with E-state index in [2.05, 4.69) is 11.9 Å². The van der Waals surface area contributed by atoms with Crippen LogP contribution in [0, 0.1) is 0 Å². The summed E-state index contributed by atoms with van der Waals surface area (Å²) in [6.45, 7) is 3.77. The third-order valence-corrected chi connectivity index (χ3v) is 2.68. The maximum atomic E-state index is 11.1. The minimum atomic E-state index is -1.36. The lowest BCUT2D eigenvalue weighted by atomic mass is 9.81. The molecule has 18 heavy (non-hydrogen) atoms. The molecule has 0 aromatic heterocycles. The molecule has 0 saturated heterocycles. The largest absolute Gasteiger partial charge is 0.480 e. The molecule has 0 aliphatic carbocycles. The molecule has 0 rings (SSSR count). The van der Waals surface area contributed by atoms with Crippen molar-refractivity contribution in [3.8, 4) is 0 Å².